The van der Waals surface area contributed by atoms with Gasteiger partial charge in [0.15, 0.2) is 15.9 Å². The number of aryl methyl sites for hydroxylation is 1. The number of nitrogens with zero attached hydrogens (tertiary/aromatic N) is 6. The zero-order valence-electron chi connectivity index (χ0n) is 16.2. The molecule has 8 nitrogen and oxygen atoms in total. The summed E-state index contributed by atoms with van der Waals surface area (Å²) in [6.45, 7) is 1.90. The first-order chi connectivity index (χ1) is 14.5. The van der Waals surface area contributed by atoms with Crippen molar-refractivity contribution in [2.45, 2.75) is 20.0 Å². The molecule has 0 saturated heterocycles. The van der Waals surface area contributed by atoms with E-state index in [4.69, 9.17) is 0 Å². The minimum atomic E-state index is -0.514. The van der Waals surface area contributed by atoms with Gasteiger partial charge in [-0.05, 0) is 34.3 Å². The second kappa shape index (κ2) is 7.62. The van der Waals surface area contributed by atoms with Crippen LogP contribution in [0.3, 0.4) is 0 Å². The van der Waals surface area contributed by atoms with E-state index in [9.17, 15) is 14.9 Å². The smallest absolute Gasteiger partial charge is 0.301 e. The molecule has 0 fully saturated rings. The molecule has 0 radical (unpaired) electrons. The van der Waals surface area contributed by atoms with Crippen LogP contribution in [0.4, 0.5) is 0 Å². The minimum Gasteiger partial charge on any atom is -0.301 e. The molecule has 0 amide bonds. The van der Waals surface area contributed by atoms with E-state index >= 15 is 0 Å². The second-order valence-electron chi connectivity index (χ2n) is 6.59. The largest absolute Gasteiger partial charge is 0.332 e. The number of aromatic nitrogens is 5. The topological polar surface area (TPSA) is 98.5 Å². The van der Waals surface area contributed by atoms with E-state index in [0.29, 0.717) is 10.4 Å². The van der Waals surface area contributed by atoms with Crippen molar-refractivity contribution < 1.29 is 0 Å². The van der Waals surface area contributed by atoms with Crippen LogP contribution in [0.2, 0.25) is 0 Å². The molecule has 4 rings (SSSR count). The van der Waals surface area contributed by atoms with Gasteiger partial charge in [-0.15, -0.1) is 5.92 Å². The number of hydrogen-bond acceptors (Lipinski definition) is 5. The Bertz CT molecular complexity index is 1540. The minimum absolute atomic E-state index is 0.0663. The molecule has 9 heteroatoms. The molecule has 0 unspecified atom stereocenters. The van der Waals surface area contributed by atoms with Crippen molar-refractivity contribution in [2.24, 2.45) is 7.05 Å². The van der Waals surface area contributed by atoms with E-state index in [1.807, 2.05) is 24.3 Å². The number of hydrogen-bond donors (Lipinski definition) is 0. The number of fused-ring (bicyclic) bond motifs is 2. The molecule has 4 aromatic rings. The predicted octanol–water partition coefficient (Wildman–Crippen LogP) is 2.15. The van der Waals surface area contributed by atoms with Crippen LogP contribution >= 0.6 is 15.9 Å². The monoisotopic (exact) mass is 462 g/mol. The lowest BCUT2D eigenvalue weighted by molar-refractivity contribution is 0.645. The van der Waals surface area contributed by atoms with Crippen LogP contribution in [0.25, 0.3) is 21.9 Å². The Morgan fingerprint density at radius 2 is 1.93 bits per heavy atom. The molecule has 0 atom stereocenters. The highest BCUT2D eigenvalue weighted by atomic mass is 79.9. The number of imidazole rings is 1. The van der Waals surface area contributed by atoms with Gasteiger partial charge in [-0.2, -0.15) is 5.26 Å². The van der Waals surface area contributed by atoms with Gasteiger partial charge in [0.1, 0.15) is 11.8 Å². The molecule has 0 bridgehead atoms. The third-order valence-electron chi connectivity index (χ3n) is 4.82. The average molecular weight is 463 g/mol. The summed E-state index contributed by atoms with van der Waals surface area (Å²) in [5.74, 6) is 5.70. The van der Waals surface area contributed by atoms with Crippen LogP contribution in [0.15, 0.2) is 44.7 Å². The molecule has 0 N–H and O–H groups in total. The summed E-state index contributed by atoms with van der Waals surface area (Å²) in [5.41, 5.74) is 0.239. The molecule has 0 aliphatic rings. The van der Waals surface area contributed by atoms with E-state index in [1.54, 1.807) is 24.6 Å². The molecule has 0 aliphatic carbocycles. The van der Waals surface area contributed by atoms with E-state index in [-0.39, 0.29) is 29.9 Å². The fraction of sp³-hybridized carbons (Fsp3) is 0.190. The number of nitriles is 1. The lowest BCUT2D eigenvalue weighted by Gasteiger charge is -2.10. The molecular formula is C21H15BrN6O2. The maximum atomic E-state index is 13.2. The fourth-order valence-electron chi connectivity index (χ4n) is 3.37. The quantitative estimate of drug-likeness (QED) is 0.343. The highest BCUT2D eigenvalue weighted by molar-refractivity contribution is 9.10. The second-order valence-corrected chi connectivity index (χ2v) is 7.30. The van der Waals surface area contributed by atoms with Crippen molar-refractivity contribution in [3.63, 3.8) is 0 Å². The first-order valence-electron chi connectivity index (χ1n) is 9.00. The van der Waals surface area contributed by atoms with Crippen molar-refractivity contribution in [3.05, 3.63) is 67.3 Å². The zero-order chi connectivity index (χ0) is 21.4. The maximum Gasteiger partial charge on any atom is 0.332 e. The van der Waals surface area contributed by atoms with Gasteiger partial charge in [0, 0.05) is 12.4 Å². The standard InChI is InChI=1S/C21H15BrN6O2/c1-3-4-9-27-17-18(25-20(27)22)26(2)21(30)28(19(17)29)12-14-10-13-7-5-6-8-15(13)16(11-23)24-14/h5-8,10H,9,12H2,1-2H3. The molecule has 3 heterocycles. The maximum absolute atomic E-state index is 13.2. The predicted molar refractivity (Wildman–Crippen MR) is 116 cm³/mol. The number of pyridine rings is 1. The van der Waals surface area contributed by atoms with Crippen LogP contribution in [-0.2, 0) is 20.1 Å². The van der Waals surface area contributed by atoms with E-state index in [0.717, 1.165) is 15.3 Å². The van der Waals surface area contributed by atoms with Crippen molar-refractivity contribution in [1.82, 2.24) is 23.7 Å². The molecule has 0 saturated carbocycles. The van der Waals surface area contributed by atoms with Gasteiger partial charge >= 0.3 is 5.69 Å². The van der Waals surface area contributed by atoms with Gasteiger partial charge in [-0.25, -0.2) is 14.8 Å². The Morgan fingerprint density at radius 1 is 1.17 bits per heavy atom. The number of benzene rings is 1. The average Bonchev–Trinajstić information content (AvgIpc) is 3.09. The van der Waals surface area contributed by atoms with Crippen LogP contribution < -0.4 is 11.2 Å². The third-order valence-corrected chi connectivity index (χ3v) is 5.42. The van der Waals surface area contributed by atoms with Gasteiger partial charge in [0.2, 0.25) is 0 Å². The molecule has 3 aromatic heterocycles. The summed E-state index contributed by atoms with van der Waals surface area (Å²) in [6, 6.07) is 11.2. The Balaban J connectivity index is 1.95. The molecule has 0 aliphatic heterocycles. The van der Waals surface area contributed by atoms with Gasteiger partial charge in [-0.1, -0.05) is 30.2 Å². The Labute approximate surface area is 179 Å². The van der Waals surface area contributed by atoms with Crippen molar-refractivity contribution in [2.75, 3.05) is 0 Å². The highest BCUT2D eigenvalue weighted by Crippen LogP contribution is 2.19. The number of halogens is 1. The lowest BCUT2D eigenvalue weighted by Crippen LogP contribution is -2.40. The van der Waals surface area contributed by atoms with E-state index in [2.05, 4.69) is 43.8 Å². The summed E-state index contributed by atoms with van der Waals surface area (Å²) in [6.07, 6.45) is 0. The Morgan fingerprint density at radius 3 is 2.67 bits per heavy atom. The zero-order valence-corrected chi connectivity index (χ0v) is 17.8. The van der Waals surface area contributed by atoms with Crippen LogP contribution in [0.5, 0.6) is 0 Å². The number of rotatable bonds is 3. The summed E-state index contributed by atoms with van der Waals surface area (Å²) in [7, 11) is 1.56. The third kappa shape index (κ3) is 3.10. The normalized spacial score (nSPS) is 10.7. The first kappa shape index (κ1) is 19.6. The summed E-state index contributed by atoms with van der Waals surface area (Å²) in [5, 5.41) is 11.0. The molecular weight excluding hydrogens is 448 g/mol. The first-order valence-corrected chi connectivity index (χ1v) is 9.79. The van der Waals surface area contributed by atoms with Crippen LogP contribution in [-0.4, -0.2) is 23.7 Å². The fourth-order valence-corrected chi connectivity index (χ4v) is 3.84. The molecule has 148 valence electrons. The van der Waals surface area contributed by atoms with Gasteiger partial charge < -0.3 is 4.57 Å². The van der Waals surface area contributed by atoms with Gasteiger partial charge in [0.05, 0.1) is 18.8 Å². The Hall–Kier alpha value is -3.69. The van der Waals surface area contributed by atoms with Crippen molar-refractivity contribution >= 4 is 37.9 Å². The summed E-state index contributed by atoms with van der Waals surface area (Å²) >= 11 is 3.34. The Kier molecular flexibility index (Phi) is 4.98. The SMILES string of the molecule is CC#CCn1c(Br)nc2c1c(=O)n(Cc1cc3ccccc3c(C#N)n1)c(=O)n2C. The summed E-state index contributed by atoms with van der Waals surface area (Å²) in [4.78, 5) is 34.8. The van der Waals surface area contributed by atoms with Crippen molar-refractivity contribution in [3.8, 4) is 17.9 Å². The van der Waals surface area contributed by atoms with E-state index in [1.165, 1.54) is 4.57 Å². The van der Waals surface area contributed by atoms with Crippen LogP contribution in [0.1, 0.15) is 18.3 Å². The highest BCUT2D eigenvalue weighted by Gasteiger charge is 2.19. The van der Waals surface area contributed by atoms with Gasteiger partial charge in [-0.3, -0.25) is 13.9 Å². The molecule has 0 spiro atoms. The molecule has 30 heavy (non-hydrogen) atoms. The lowest BCUT2D eigenvalue weighted by atomic mass is 10.1. The van der Waals surface area contributed by atoms with Crippen molar-refractivity contribution in [1.29, 1.82) is 5.26 Å². The van der Waals surface area contributed by atoms with Crippen LogP contribution in [0, 0.1) is 23.2 Å². The summed E-state index contributed by atoms with van der Waals surface area (Å²) < 4.78 is 4.47. The van der Waals surface area contributed by atoms with Gasteiger partial charge in [0.25, 0.3) is 5.56 Å². The van der Waals surface area contributed by atoms with E-state index < -0.39 is 11.2 Å². The molecule has 1 aromatic carbocycles.